The minimum Gasteiger partial charge on any atom is -0.412 e. The SMILES string of the molecule is O.O=S(=O)(O)c1cccc2cccnc12. The molecule has 0 amide bonds. The maximum absolute atomic E-state index is 11.0. The molecule has 0 fully saturated rings. The maximum atomic E-state index is 11.0. The predicted octanol–water partition coefficient (Wildman–Crippen LogP) is 0.657. The average molecular weight is 227 g/mol. The Bertz CT molecular complexity index is 574. The lowest BCUT2D eigenvalue weighted by Crippen LogP contribution is -1.99. The Morgan fingerprint density at radius 2 is 1.80 bits per heavy atom. The monoisotopic (exact) mass is 227 g/mol. The first-order valence-electron chi connectivity index (χ1n) is 3.90. The molecule has 15 heavy (non-hydrogen) atoms. The van der Waals surface area contributed by atoms with Gasteiger partial charge in [0.1, 0.15) is 4.90 Å². The Balaban J connectivity index is 0.00000112. The van der Waals surface area contributed by atoms with Gasteiger partial charge in [0.25, 0.3) is 10.1 Å². The van der Waals surface area contributed by atoms with E-state index in [1.54, 1.807) is 24.3 Å². The highest BCUT2D eigenvalue weighted by Crippen LogP contribution is 2.19. The van der Waals surface area contributed by atoms with Crippen LogP contribution in [0.5, 0.6) is 0 Å². The molecule has 80 valence electrons. The zero-order valence-electron chi connectivity index (χ0n) is 7.58. The Morgan fingerprint density at radius 3 is 2.47 bits per heavy atom. The molecule has 1 aromatic heterocycles. The van der Waals surface area contributed by atoms with E-state index in [1.165, 1.54) is 12.3 Å². The van der Waals surface area contributed by atoms with Crippen LogP contribution in [0.3, 0.4) is 0 Å². The Morgan fingerprint density at radius 1 is 1.13 bits per heavy atom. The summed E-state index contributed by atoms with van der Waals surface area (Å²) in [6, 6.07) is 8.06. The molecule has 0 atom stereocenters. The van der Waals surface area contributed by atoms with Gasteiger partial charge in [-0.2, -0.15) is 8.42 Å². The first-order chi connectivity index (χ1) is 6.59. The normalized spacial score (nSPS) is 11.0. The van der Waals surface area contributed by atoms with Crippen molar-refractivity contribution in [2.75, 3.05) is 0 Å². The number of aromatic nitrogens is 1. The summed E-state index contributed by atoms with van der Waals surface area (Å²) >= 11 is 0. The van der Waals surface area contributed by atoms with Crippen LogP contribution in [0.15, 0.2) is 41.4 Å². The van der Waals surface area contributed by atoms with Gasteiger partial charge in [-0.15, -0.1) is 0 Å². The third-order valence-electron chi connectivity index (χ3n) is 1.87. The molecule has 0 aliphatic carbocycles. The first kappa shape index (κ1) is 11.6. The van der Waals surface area contributed by atoms with Crippen molar-refractivity contribution in [2.45, 2.75) is 4.90 Å². The summed E-state index contributed by atoms with van der Waals surface area (Å²) in [7, 11) is -4.19. The second kappa shape index (κ2) is 3.93. The van der Waals surface area contributed by atoms with Gasteiger partial charge in [-0.3, -0.25) is 9.54 Å². The van der Waals surface area contributed by atoms with Crippen molar-refractivity contribution in [1.82, 2.24) is 4.98 Å². The minimum absolute atomic E-state index is 0. The molecule has 0 spiro atoms. The molecule has 5 nitrogen and oxygen atoms in total. The molecule has 6 heteroatoms. The number of rotatable bonds is 1. The highest BCUT2D eigenvalue weighted by Gasteiger charge is 2.13. The maximum Gasteiger partial charge on any atom is 0.296 e. The smallest absolute Gasteiger partial charge is 0.296 e. The lowest BCUT2D eigenvalue weighted by molar-refractivity contribution is 0.484. The van der Waals surface area contributed by atoms with Gasteiger partial charge >= 0.3 is 0 Å². The lowest BCUT2D eigenvalue weighted by Gasteiger charge is -2.01. The zero-order valence-corrected chi connectivity index (χ0v) is 8.40. The van der Waals surface area contributed by atoms with Gasteiger partial charge in [0, 0.05) is 11.6 Å². The van der Waals surface area contributed by atoms with Crippen LogP contribution in [-0.2, 0) is 10.1 Å². The van der Waals surface area contributed by atoms with E-state index in [1.807, 2.05) is 0 Å². The molecule has 2 rings (SSSR count). The fourth-order valence-corrected chi connectivity index (χ4v) is 1.95. The zero-order chi connectivity index (χ0) is 10.2. The van der Waals surface area contributed by atoms with Gasteiger partial charge in [-0.1, -0.05) is 18.2 Å². The second-order valence-corrected chi connectivity index (χ2v) is 4.20. The molecule has 0 aliphatic rings. The van der Waals surface area contributed by atoms with Crippen LogP contribution in [-0.4, -0.2) is 23.4 Å². The van der Waals surface area contributed by atoms with Gasteiger partial charge in [0.15, 0.2) is 0 Å². The van der Waals surface area contributed by atoms with Crippen molar-refractivity contribution in [3.63, 3.8) is 0 Å². The predicted molar refractivity (Wildman–Crippen MR) is 55.2 cm³/mol. The van der Waals surface area contributed by atoms with Crippen molar-refractivity contribution in [1.29, 1.82) is 0 Å². The fraction of sp³-hybridized carbons (Fsp3) is 0. The van der Waals surface area contributed by atoms with Gasteiger partial charge in [-0.25, -0.2) is 0 Å². The lowest BCUT2D eigenvalue weighted by atomic mass is 10.2. The number of para-hydroxylation sites is 1. The van der Waals surface area contributed by atoms with Crippen molar-refractivity contribution in [3.8, 4) is 0 Å². The summed E-state index contributed by atoms with van der Waals surface area (Å²) in [5, 5.41) is 0.683. The molecule has 0 saturated carbocycles. The minimum atomic E-state index is -4.19. The number of pyridine rings is 1. The van der Waals surface area contributed by atoms with Crippen molar-refractivity contribution in [3.05, 3.63) is 36.5 Å². The molecule has 0 aliphatic heterocycles. The number of benzene rings is 1. The van der Waals surface area contributed by atoms with Crippen LogP contribution >= 0.6 is 0 Å². The van der Waals surface area contributed by atoms with E-state index in [4.69, 9.17) is 4.55 Å². The second-order valence-electron chi connectivity index (χ2n) is 2.81. The Labute approximate surface area is 86.4 Å². The number of fused-ring (bicyclic) bond motifs is 1. The third-order valence-corrected chi connectivity index (χ3v) is 2.76. The van der Waals surface area contributed by atoms with Crippen LogP contribution in [0.2, 0.25) is 0 Å². The number of nitrogens with zero attached hydrogens (tertiary/aromatic N) is 1. The van der Waals surface area contributed by atoms with Crippen LogP contribution in [0.25, 0.3) is 10.9 Å². The first-order valence-corrected chi connectivity index (χ1v) is 5.34. The van der Waals surface area contributed by atoms with Gasteiger partial charge < -0.3 is 5.48 Å². The highest BCUT2D eigenvalue weighted by molar-refractivity contribution is 7.86. The summed E-state index contributed by atoms with van der Waals surface area (Å²) in [6.45, 7) is 0. The molecule has 1 heterocycles. The quantitative estimate of drug-likeness (QED) is 0.723. The molecular formula is C9H9NO4S. The molecule has 0 unspecified atom stereocenters. The van der Waals surface area contributed by atoms with Crippen LogP contribution in [0.1, 0.15) is 0 Å². The van der Waals surface area contributed by atoms with E-state index >= 15 is 0 Å². The molecule has 0 radical (unpaired) electrons. The fourth-order valence-electron chi connectivity index (χ4n) is 1.28. The molecule has 1 aromatic carbocycles. The highest BCUT2D eigenvalue weighted by atomic mass is 32.2. The van der Waals surface area contributed by atoms with E-state index in [0.29, 0.717) is 5.39 Å². The Kier molecular flexibility index (Phi) is 3.04. The topological polar surface area (TPSA) is 98.8 Å². The summed E-state index contributed by atoms with van der Waals surface area (Å²) < 4.78 is 30.8. The van der Waals surface area contributed by atoms with Crippen molar-refractivity contribution >= 4 is 21.0 Å². The van der Waals surface area contributed by atoms with Crippen LogP contribution in [0, 0.1) is 0 Å². The summed E-state index contributed by atoms with van der Waals surface area (Å²) in [4.78, 5) is 3.75. The van der Waals surface area contributed by atoms with Gasteiger partial charge in [0.2, 0.25) is 0 Å². The summed E-state index contributed by atoms with van der Waals surface area (Å²) in [5.74, 6) is 0. The Hall–Kier alpha value is -1.50. The number of hydrogen-bond donors (Lipinski definition) is 1. The van der Waals surface area contributed by atoms with E-state index < -0.39 is 10.1 Å². The van der Waals surface area contributed by atoms with E-state index in [0.717, 1.165) is 0 Å². The van der Waals surface area contributed by atoms with Crippen molar-refractivity contribution < 1.29 is 18.4 Å². The molecule has 0 bridgehead atoms. The molecular weight excluding hydrogens is 218 g/mol. The van der Waals surface area contributed by atoms with Crippen molar-refractivity contribution in [2.24, 2.45) is 0 Å². The van der Waals surface area contributed by atoms with Gasteiger partial charge in [-0.05, 0) is 12.1 Å². The van der Waals surface area contributed by atoms with E-state index in [2.05, 4.69) is 4.98 Å². The summed E-state index contributed by atoms with van der Waals surface area (Å²) in [5.41, 5.74) is 0.289. The molecule has 0 saturated heterocycles. The van der Waals surface area contributed by atoms with Crippen LogP contribution < -0.4 is 0 Å². The standard InChI is InChI=1S/C9H7NO3S.H2O/c11-14(12,13)8-5-1-3-7-4-2-6-10-9(7)8;/h1-6H,(H,11,12,13);1H2. The average Bonchev–Trinajstić information content (AvgIpc) is 2.15. The largest absolute Gasteiger partial charge is 0.412 e. The van der Waals surface area contributed by atoms with Crippen LogP contribution in [0.4, 0.5) is 0 Å². The molecule has 2 aromatic rings. The molecule has 3 N–H and O–H groups in total. The van der Waals surface area contributed by atoms with E-state index in [9.17, 15) is 8.42 Å². The summed E-state index contributed by atoms with van der Waals surface area (Å²) in [6.07, 6.45) is 1.48. The van der Waals surface area contributed by atoms with E-state index in [-0.39, 0.29) is 15.9 Å². The third kappa shape index (κ3) is 2.12. The number of hydrogen-bond acceptors (Lipinski definition) is 3. The van der Waals surface area contributed by atoms with Gasteiger partial charge in [0.05, 0.1) is 5.52 Å².